The van der Waals surface area contributed by atoms with Crippen LogP contribution in [0.2, 0.25) is 0 Å². The van der Waals surface area contributed by atoms with Crippen LogP contribution >= 0.6 is 0 Å². The van der Waals surface area contributed by atoms with Crippen molar-refractivity contribution in [2.45, 2.75) is 32.9 Å². The summed E-state index contributed by atoms with van der Waals surface area (Å²) in [5.41, 5.74) is 2.62. The second kappa shape index (κ2) is 8.30. The number of esters is 1. The monoisotopic (exact) mass is 395 g/mol. The summed E-state index contributed by atoms with van der Waals surface area (Å²) in [7, 11) is 3.88. The highest BCUT2D eigenvalue weighted by atomic mass is 16.5. The summed E-state index contributed by atoms with van der Waals surface area (Å²) in [5, 5.41) is 7.77. The number of pyridine rings is 1. The number of rotatable bonds is 6. The van der Waals surface area contributed by atoms with Gasteiger partial charge in [-0.05, 0) is 51.1 Å². The summed E-state index contributed by atoms with van der Waals surface area (Å²) < 4.78 is 7.09. The number of hydrogen-bond donors (Lipinski definition) is 1. The van der Waals surface area contributed by atoms with E-state index in [-0.39, 0.29) is 11.6 Å². The zero-order valence-electron chi connectivity index (χ0n) is 17.2. The minimum Gasteiger partial charge on any atom is -0.449 e. The lowest BCUT2D eigenvalue weighted by Crippen LogP contribution is -2.30. The fourth-order valence-corrected chi connectivity index (χ4v) is 2.80. The van der Waals surface area contributed by atoms with E-state index in [2.05, 4.69) is 15.4 Å². The number of aromatic nitrogens is 3. The van der Waals surface area contributed by atoms with Crippen molar-refractivity contribution in [3.63, 3.8) is 0 Å². The standard InChI is InChI=1S/C21H25N5O3/c1-13(2)26-19-15(12-23-26)10-16(11-22-19)21(28)29-14(3)20(27)24-17-6-8-18(9-7-17)25(4)5/h6-14H,1-5H3,(H,24,27). The molecule has 3 rings (SSSR count). The Morgan fingerprint density at radius 1 is 1.10 bits per heavy atom. The van der Waals surface area contributed by atoms with E-state index in [0.29, 0.717) is 11.3 Å². The predicted octanol–water partition coefficient (Wildman–Crippen LogP) is 3.26. The van der Waals surface area contributed by atoms with Gasteiger partial charge in [-0.3, -0.25) is 4.79 Å². The number of carbonyl (C=O) groups excluding carboxylic acids is 2. The summed E-state index contributed by atoms with van der Waals surface area (Å²) in [4.78, 5) is 31.1. The third kappa shape index (κ3) is 4.53. The van der Waals surface area contributed by atoms with Gasteiger partial charge in [0, 0.05) is 43.1 Å². The summed E-state index contributed by atoms with van der Waals surface area (Å²) in [6.07, 6.45) is 2.15. The zero-order valence-corrected chi connectivity index (χ0v) is 17.2. The van der Waals surface area contributed by atoms with E-state index in [1.165, 1.54) is 13.1 Å². The molecule has 0 aliphatic rings. The number of carbonyl (C=O) groups is 2. The van der Waals surface area contributed by atoms with Gasteiger partial charge < -0.3 is 15.0 Å². The van der Waals surface area contributed by atoms with Crippen LogP contribution in [-0.2, 0) is 9.53 Å². The molecule has 1 unspecified atom stereocenters. The highest BCUT2D eigenvalue weighted by molar-refractivity contribution is 5.98. The van der Waals surface area contributed by atoms with Gasteiger partial charge >= 0.3 is 5.97 Å². The van der Waals surface area contributed by atoms with E-state index in [1.54, 1.807) is 29.1 Å². The van der Waals surface area contributed by atoms with Crippen molar-refractivity contribution in [2.75, 3.05) is 24.3 Å². The first-order chi connectivity index (χ1) is 13.8. The van der Waals surface area contributed by atoms with Crippen molar-refractivity contribution in [1.82, 2.24) is 14.8 Å². The molecule has 0 saturated carbocycles. The maximum Gasteiger partial charge on any atom is 0.340 e. The summed E-state index contributed by atoms with van der Waals surface area (Å²) in [6, 6.07) is 9.21. The van der Waals surface area contributed by atoms with Crippen molar-refractivity contribution in [3.8, 4) is 0 Å². The molecule has 0 radical (unpaired) electrons. The van der Waals surface area contributed by atoms with Crippen LogP contribution in [0, 0.1) is 0 Å². The highest BCUT2D eigenvalue weighted by Gasteiger charge is 2.20. The second-order valence-electron chi connectivity index (χ2n) is 7.30. The Hall–Kier alpha value is -3.42. The first kappa shape index (κ1) is 20.3. The van der Waals surface area contributed by atoms with Gasteiger partial charge in [0.25, 0.3) is 5.91 Å². The van der Waals surface area contributed by atoms with Crippen molar-refractivity contribution in [2.24, 2.45) is 0 Å². The third-order valence-electron chi connectivity index (χ3n) is 4.46. The molecule has 0 spiro atoms. The van der Waals surface area contributed by atoms with Crippen LogP contribution in [0.25, 0.3) is 11.0 Å². The van der Waals surface area contributed by atoms with Crippen LogP contribution in [0.15, 0.2) is 42.7 Å². The van der Waals surface area contributed by atoms with Gasteiger partial charge in [0.1, 0.15) is 0 Å². The Morgan fingerprint density at radius 3 is 2.41 bits per heavy atom. The largest absolute Gasteiger partial charge is 0.449 e. The molecule has 3 aromatic rings. The molecule has 0 aliphatic heterocycles. The lowest BCUT2D eigenvalue weighted by molar-refractivity contribution is -0.123. The van der Waals surface area contributed by atoms with Crippen LogP contribution in [0.1, 0.15) is 37.2 Å². The van der Waals surface area contributed by atoms with Crippen molar-refractivity contribution < 1.29 is 14.3 Å². The zero-order chi connectivity index (χ0) is 21.1. The average Bonchev–Trinajstić information content (AvgIpc) is 3.11. The molecule has 8 nitrogen and oxygen atoms in total. The molecular weight excluding hydrogens is 370 g/mol. The highest BCUT2D eigenvalue weighted by Crippen LogP contribution is 2.18. The van der Waals surface area contributed by atoms with Gasteiger partial charge in [-0.1, -0.05) is 0 Å². The molecule has 1 N–H and O–H groups in total. The van der Waals surface area contributed by atoms with Gasteiger partial charge in [0.15, 0.2) is 11.8 Å². The van der Waals surface area contributed by atoms with E-state index < -0.39 is 18.0 Å². The molecule has 152 valence electrons. The quantitative estimate of drug-likeness (QED) is 0.645. The maximum atomic E-state index is 12.4. The smallest absolute Gasteiger partial charge is 0.340 e. The Morgan fingerprint density at radius 2 is 1.79 bits per heavy atom. The van der Waals surface area contributed by atoms with Gasteiger partial charge in [-0.2, -0.15) is 5.10 Å². The van der Waals surface area contributed by atoms with E-state index in [0.717, 1.165) is 11.1 Å². The molecule has 8 heteroatoms. The van der Waals surface area contributed by atoms with Gasteiger partial charge in [0.2, 0.25) is 0 Å². The maximum absolute atomic E-state index is 12.4. The summed E-state index contributed by atoms with van der Waals surface area (Å²) in [6.45, 7) is 5.54. The topological polar surface area (TPSA) is 89.3 Å². The molecule has 1 amide bonds. The SMILES string of the molecule is CC(OC(=O)c1cnc2c(cnn2C(C)C)c1)C(=O)Nc1ccc(N(C)C)cc1. The predicted molar refractivity (Wildman–Crippen MR) is 112 cm³/mol. The number of nitrogens with zero attached hydrogens (tertiary/aromatic N) is 4. The van der Waals surface area contributed by atoms with E-state index in [1.807, 2.05) is 45.0 Å². The minimum atomic E-state index is -0.954. The van der Waals surface area contributed by atoms with Crippen LogP contribution in [0.3, 0.4) is 0 Å². The average molecular weight is 395 g/mol. The number of ether oxygens (including phenoxy) is 1. The molecule has 0 bridgehead atoms. The van der Waals surface area contributed by atoms with Gasteiger partial charge in [-0.15, -0.1) is 0 Å². The van der Waals surface area contributed by atoms with Crippen LogP contribution in [0.4, 0.5) is 11.4 Å². The second-order valence-corrected chi connectivity index (χ2v) is 7.30. The Kier molecular flexibility index (Phi) is 5.81. The number of fused-ring (bicyclic) bond motifs is 1. The van der Waals surface area contributed by atoms with Crippen molar-refractivity contribution >= 4 is 34.3 Å². The molecule has 1 atom stereocenters. The summed E-state index contributed by atoms with van der Waals surface area (Å²) >= 11 is 0. The lowest BCUT2D eigenvalue weighted by atomic mass is 10.2. The molecule has 0 fully saturated rings. The van der Waals surface area contributed by atoms with Crippen LogP contribution in [-0.4, -0.2) is 46.8 Å². The van der Waals surface area contributed by atoms with Gasteiger partial charge in [-0.25, -0.2) is 14.5 Å². The number of anilines is 2. The third-order valence-corrected chi connectivity index (χ3v) is 4.46. The Labute approximate surface area is 169 Å². The minimum absolute atomic E-state index is 0.160. The van der Waals surface area contributed by atoms with E-state index >= 15 is 0 Å². The number of benzene rings is 1. The number of amides is 1. The summed E-state index contributed by atoms with van der Waals surface area (Å²) in [5.74, 6) is -1.01. The molecule has 2 heterocycles. The van der Waals surface area contributed by atoms with E-state index in [4.69, 9.17) is 4.74 Å². The van der Waals surface area contributed by atoms with Crippen molar-refractivity contribution in [3.05, 3.63) is 48.3 Å². The van der Waals surface area contributed by atoms with Crippen LogP contribution in [0.5, 0.6) is 0 Å². The fraction of sp³-hybridized carbons (Fsp3) is 0.333. The Balaban J connectivity index is 1.64. The van der Waals surface area contributed by atoms with Crippen molar-refractivity contribution in [1.29, 1.82) is 0 Å². The lowest BCUT2D eigenvalue weighted by Gasteiger charge is -2.15. The molecule has 2 aromatic heterocycles. The van der Waals surface area contributed by atoms with Gasteiger partial charge in [0.05, 0.1) is 11.8 Å². The first-order valence-corrected chi connectivity index (χ1v) is 9.38. The normalized spacial score (nSPS) is 12.1. The molecule has 0 aliphatic carbocycles. The Bertz CT molecular complexity index is 1020. The van der Waals surface area contributed by atoms with E-state index in [9.17, 15) is 9.59 Å². The first-order valence-electron chi connectivity index (χ1n) is 9.38. The molecule has 29 heavy (non-hydrogen) atoms. The molecular formula is C21H25N5O3. The fourth-order valence-electron chi connectivity index (χ4n) is 2.80. The molecule has 1 aromatic carbocycles. The number of hydrogen-bond acceptors (Lipinski definition) is 6. The molecule has 0 saturated heterocycles. The number of nitrogens with one attached hydrogen (secondary N) is 1. The van der Waals surface area contributed by atoms with Crippen LogP contribution < -0.4 is 10.2 Å².